The van der Waals surface area contributed by atoms with Crippen LogP contribution in [-0.2, 0) is 16.0 Å². The second-order valence-electron chi connectivity index (χ2n) is 6.47. The molecule has 0 bridgehead atoms. The highest BCUT2D eigenvalue weighted by molar-refractivity contribution is 9.10. The average molecular weight is 572 g/mol. The van der Waals surface area contributed by atoms with Gasteiger partial charge >= 0.3 is 5.97 Å². The van der Waals surface area contributed by atoms with Crippen LogP contribution in [0.5, 0.6) is 5.75 Å². The molecule has 0 fully saturated rings. The van der Waals surface area contributed by atoms with Gasteiger partial charge in [0.2, 0.25) is 0 Å². The smallest absolute Gasteiger partial charge is 0.343 e. The van der Waals surface area contributed by atoms with Crippen LogP contribution in [0.1, 0.15) is 24.7 Å². The molecule has 0 saturated carbocycles. The van der Waals surface area contributed by atoms with E-state index in [9.17, 15) is 9.59 Å². The number of fused-ring (bicyclic) bond motifs is 1. The number of aromatic nitrogens is 2. The van der Waals surface area contributed by atoms with E-state index in [0.29, 0.717) is 44.0 Å². The fourth-order valence-corrected chi connectivity index (χ4v) is 4.15. The van der Waals surface area contributed by atoms with Crippen molar-refractivity contribution in [3.8, 4) is 5.75 Å². The molecule has 1 heterocycles. The molecule has 0 aliphatic heterocycles. The third kappa shape index (κ3) is 5.53. The molecule has 0 saturated heterocycles. The van der Waals surface area contributed by atoms with Crippen molar-refractivity contribution < 1.29 is 14.3 Å². The lowest BCUT2D eigenvalue weighted by molar-refractivity contribution is -0.142. The molecule has 31 heavy (non-hydrogen) atoms. The molecule has 3 rings (SSSR count). The summed E-state index contributed by atoms with van der Waals surface area (Å²) in [5.41, 5.74) is 0.798. The lowest BCUT2D eigenvalue weighted by Gasteiger charge is -2.12. The summed E-state index contributed by atoms with van der Waals surface area (Å²) in [5, 5.41) is 5.27. The van der Waals surface area contributed by atoms with Gasteiger partial charge in [-0.05, 0) is 52.7 Å². The van der Waals surface area contributed by atoms with Crippen molar-refractivity contribution in [2.45, 2.75) is 19.8 Å². The monoisotopic (exact) mass is 569 g/mol. The number of carbonyl (C=O) groups excluding carboxylic acids is 1. The van der Waals surface area contributed by atoms with E-state index in [-0.39, 0.29) is 12.2 Å². The molecule has 162 valence electrons. The van der Waals surface area contributed by atoms with Crippen LogP contribution in [-0.4, -0.2) is 35.6 Å². The second kappa shape index (κ2) is 10.4. The first-order chi connectivity index (χ1) is 14.8. The molecule has 7 nitrogen and oxygen atoms in total. The Hall–Kier alpha value is -2.23. The van der Waals surface area contributed by atoms with Crippen LogP contribution in [0.2, 0.25) is 5.02 Å². The van der Waals surface area contributed by atoms with E-state index in [2.05, 4.69) is 46.7 Å². The van der Waals surface area contributed by atoms with Gasteiger partial charge in [-0.1, -0.05) is 34.5 Å². The maximum absolute atomic E-state index is 13.1. The zero-order valence-electron chi connectivity index (χ0n) is 16.7. The standard InChI is InChI=1S/C21H18Br2ClN3O4/c1-3-4-18-26-17-6-5-13(22)8-15(17)21(29)27(18)25-10-12-7-14(24)9-16(23)20(12)31-11-19(28)30-2/h5-10H,3-4,11H2,1-2H3. The van der Waals surface area contributed by atoms with Crippen molar-refractivity contribution in [2.75, 3.05) is 13.7 Å². The molecule has 0 N–H and O–H groups in total. The number of esters is 1. The summed E-state index contributed by atoms with van der Waals surface area (Å²) in [4.78, 5) is 29.2. The third-order valence-electron chi connectivity index (χ3n) is 4.26. The zero-order valence-corrected chi connectivity index (χ0v) is 20.6. The van der Waals surface area contributed by atoms with Gasteiger partial charge in [-0.2, -0.15) is 9.78 Å². The number of carbonyl (C=O) groups is 1. The zero-order chi connectivity index (χ0) is 22.5. The second-order valence-corrected chi connectivity index (χ2v) is 8.68. The Morgan fingerprint density at radius 1 is 1.29 bits per heavy atom. The molecular weight excluding hydrogens is 554 g/mol. The van der Waals surface area contributed by atoms with Gasteiger partial charge in [-0.25, -0.2) is 9.78 Å². The van der Waals surface area contributed by atoms with Gasteiger partial charge < -0.3 is 9.47 Å². The van der Waals surface area contributed by atoms with Crippen LogP contribution in [0.25, 0.3) is 10.9 Å². The van der Waals surface area contributed by atoms with E-state index in [1.807, 2.05) is 13.0 Å². The number of halogens is 3. The first-order valence-corrected chi connectivity index (χ1v) is 11.2. The molecule has 0 aliphatic carbocycles. The van der Waals surface area contributed by atoms with Gasteiger partial charge in [-0.3, -0.25) is 4.79 Å². The molecule has 0 atom stereocenters. The Balaban J connectivity index is 2.10. The van der Waals surface area contributed by atoms with Crippen LogP contribution < -0.4 is 10.3 Å². The lowest BCUT2D eigenvalue weighted by atomic mass is 10.2. The number of aryl methyl sites for hydroxylation is 1. The van der Waals surface area contributed by atoms with Gasteiger partial charge in [0.1, 0.15) is 11.6 Å². The topological polar surface area (TPSA) is 82.8 Å². The van der Waals surface area contributed by atoms with E-state index in [0.717, 1.165) is 10.9 Å². The van der Waals surface area contributed by atoms with Gasteiger partial charge in [-0.15, -0.1) is 0 Å². The summed E-state index contributed by atoms with van der Waals surface area (Å²) in [7, 11) is 1.28. The molecule has 0 amide bonds. The highest BCUT2D eigenvalue weighted by Gasteiger charge is 2.14. The lowest BCUT2D eigenvalue weighted by Crippen LogP contribution is -2.22. The Bertz CT molecular complexity index is 1230. The predicted molar refractivity (Wildman–Crippen MR) is 127 cm³/mol. The minimum absolute atomic E-state index is 0.288. The van der Waals surface area contributed by atoms with Crippen LogP contribution in [0, 0.1) is 0 Å². The molecule has 0 spiro atoms. The first-order valence-electron chi connectivity index (χ1n) is 9.28. The molecule has 0 aliphatic rings. The van der Waals surface area contributed by atoms with E-state index >= 15 is 0 Å². The Morgan fingerprint density at radius 3 is 2.77 bits per heavy atom. The Kier molecular flexibility index (Phi) is 7.85. The summed E-state index contributed by atoms with van der Waals surface area (Å²) in [6.07, 6.45) is 2.82. The number of ether oxygens (including phenoxy) is 2. The van der Waals surface area contributed by atoms with E-state index in [1.54, 1.807) is 24.3 Å². The Morgan fingerprint density at radius 2 is 2.06 bits per heavy atom. The fourth-order valence-electron chi connectivity index (χ4n) is 2.84. The SMILES string of the molecule is CCCc1nc2ccc(Br)cc2c(=O)n1N=Cc1cc(Cl)cc(Br)c1OCC(=O)OC. The summed E-state index contributed by atoms with van der Waals surface area (Å²) in [6.45, 7) is 1.71. The number of rotatable bonds is 7. The minimum atomic E-state index is -0.532. The number of hydrogen-bond donors (Lipinski definition) is 0. The quantitative estimate of drug-likeness (QED) is 0.296. The molecule has 0 unspecified atom stereocenters. The first kappa shape index (κ1) is 23.4. The molecule has 0 radical (unpaired) electrons. The highest BCUT2D eigenvalue weighted by Crippen LogP contribution is 2.32. The summed E-state index contributed by atoms with van der Waals surface area (Å²) in [6, 6.07) is 8.61. The van der Waals surface area contributed by atoms with Crippen molar-refractivity contribution >= 4 is 66.5 Å². The van der Waals surface area contributed by atoms with E-state index in [1.165, 1.54) is 18.0 Å². The van der Waals surface area contributed by atoms with Crippen molar-refractivity contribution in [1.82, 2.24) is 9.66 Å². The van der Waals surface area contributed by atoms with E-state index in [4.69, 9.17) is 16.3 Å². The van der Waals surface area contributed by atoms with Crippen molar-refractivity contribution in [1.29, 1.82) is 0 Å². The van der Waals surface area contributed by atoms with Gasteiger partial charge in [0.25, 0.3) is 5.56 Å². The Labute approximate surface area is 200 Å². The number of methoxy groups -OCH3 is 1. The number of hydrogen-bond acceptors (Lipinski definition) is 6. The maximum Gasteiger partial charge on any atom is 0.343 e. The summed E-state index contributed by atoms with van der Waals surface area (Å²) < 4.78 is 12.8. The fraction of sp³-hybridized carbons (Fsp3) is 0.238. The van der Waals surface area contributed by atoms with Gasteiger partial charge in [0.05, 0.1) is 28.7 Å². The van der Waals surface area contributed by atoms with Gasteiger partial charge in [0, 0.05) is 21.5 Å². The summed E-state index contributed by atoms with van der Waals surface area (Å²) in [5.74, 6) is 0.354. The average Bonchev–Trinajstić information content (AvgIpc) is 2.73. The minimum Gasteiger partial charge on any atom is -0.480 e. The maximum atomic E-state index is 13.1. The van der Waals surface area contributed by atoms with E-state index < -0.39 is 5.97 Å². The van der Waals surface area contributed by atoms with Crippen molar-refractivity contribution in [3.63, 3.8) is 0 Å². The van der Waals surface area contributed by atoms with Crippen LogP contribution in [0.15, 0.2) is 49.2 Å². The summed E-state index contributed by atoms with van der Waals surface area (Å²) >= 11 is 12.9. The molecule has 3 aromatic rings. The predicted octanol–water partition coefficient (Wildman–Crippen LogP) is 4.96. The number of nitrogens with zero attached hydrogens (tertiary/aromatic N) is 3. The molecule has 1 aromatic heterocycles. The van der Waals surface area contributed by atoms with Crippen LogP contribution >= 0.6 is 43.5 Å². The number of benzene rings is 2. The van der Waals surface area contributed by atoms with Crippen molar-refractivity contribution in [2.24, 2.45) is 5.10 Å². The van der Waals surface area contributed by atoms with Gasteiger partial charge in [0.15, 0.2) is 6.61 Å². The largest absolute Gasteiger partial charge is 0.480 e. The van der Waals surface area contributed by atoms with Crippen molar-refractivity contribution in [3.05, 3.63) is 66.0 Å². The molecule has 2 aromatic carbocycles. The van der Waals surface area contributed by atoms with Crippen LogP contribution in [0.3, 0.4) is 0 Å². The highest BCUT2D eigenvalue weighted by atomic mass is 79.9. The third-order valence-corrected chi connectivity index (χ3v) is 5.56. The normalized spacial score (nSPS) is 11.3. The van der Waals surface area contributed by atoms with Crippen LogP contribution in [0.4, 0.5) is 0 Å². The molecule has 10 heteroatoms. The molecular formula is C21H18Br2ClN3O4.